The van der Waals surface area contributed by atoms with Crippen molar-refractivity contribution in [2.45, 2.75) is 54.9 Å². The Bertz CT molecular complexity index is 1820. The number of H-pyrrole nitrogens is 1. The van der Waals surface area contributed by atoms with Gasteiger partial charge in [0.1, 0.15) is 48.2 Å². The number of nitrogen functional groups attached to an aromatic ring is 2. The third-order valence-corrected chi connectivity index (χ3v) is 10.9. The van der Waals surface area contributed by atoms with Crippen molar-refractivity contribution in [2.24, 2.45) is 0 Å². The minimum atomic E-state index is -3.97. The maximum absolute atomic E-state index is 14.3. The summed E-state index contributed by atoms with van der Waals surface area (Å²) in [5, 5.41) is 21.3. The minimum Gasteiger partial charge on any atom is -0.393 e. The van der Waals surface area contributed by atoms with Gasteiger partial charge in [0, 0.05) is 7.11 Å². The van der Waals surface area contributed by atoms with Gasteiger partial charge < -0.3 is 45.3 Å². The summed E-state index contributed by atoms with van der Waals surface area (Å²) in [5.74, 6) is -0.0539. The number of halogens is 1. The zero-order valence-corrected chi connectivity index (χ0v) is 25.1. The molecule has 0 amide bonds. The van der Waals surface area contributed by atoms with Gasteiger partial charge in [0.05, 0.1) is 31.5 Å². The molecule has 8 atom stereocenters. The zero-order valence-electron chi connectivity index (χ0n) is 23.3. The van der Waals surface area contributed by atoms with E-state index in [-0.39, 0.29) is 29.4 Å². The Balaban J connectivity index is 1.30. The first-order valence-electron chi connectivity index (χ1n) is 13.2. The van der Waals surface area contributed by atoms with Gasteiger partial charge in [0.25, 0.3) is 5.56 Å². The molecule has 0 aliphatic carbocycles. The normalized spacial score (nSPS) is 32.1. The number of aliphatic hydroxyl groups excluding tert-OH is 2. The van der Waals surface area contributed by atoms with Crippen molar-refractivity contribution < 1.29 is 38.2 Å². The first-order chi connectivity index (χ1) is 20.9. The average molecular weight is 657 g/mol. The van der Waals surface area contributed by atoms with Crippen LogP contribution in [0.2, 0.25) is 0 Å². The summed E-state index contributed by atoms with van der Waals surface area (Å²) in [4.78, 5) is 46.9. The molecule has 1 unspecified atom stereocenters. The van der Waals surface area contributed by atoms with Crippen LogP contribution in [0.15, 0.2) is 23.8 Å². The zero-order chi connectivity index (χ0) is 31.6. The van der Waals surface area contributed by atoms with Crippen molar-refractivity contribution >= 4 is 52.4 Å². The second kappa shape index (κ2) is 11.0. The van der Waals surface area contributed by atoms with E-state index in [1.807, 2.05) is 0 Å². The molecular weight excluding hydrogens is 626 g/mol. The number of imidazole rings is 2. The quantitative estimate of drug-likeness (QED) is 0.119. The highest BCUT2D eigenvalue weighted by molar-refractivity contribution is 8.09. The second-order valence-electron chi connectivity index (χ2n) is 10.9. The van der Waals surface area contributed by atoms with E-state index in [0.717, 1.165) is 0 Å². The van der Waals surface area contributed by atoms with Gasteiger partial charge in [0.15, 0.2) is 35.3 Å². The van der Waals surface area contributed by atoms with Crippen LogP contribution < -0.4 is 17.0 Å². The Hall–Kier alpha value is -3.20. The minimum absolute atomic E-state index is 0.00635. The number of methoxy groups -OCH3 is 1. The molecule has 4 aromatic heterocycles. The maximum Gasteiger partial charge on any atom is 0.280 e. The Kier molecular flexibility index (Phi) is 7.70. The first-order valence-corrected chi connectivity index (χ1v) is 16.0. The fourth-order valence-electron chi connectivity index (χ4n) is 5.61. The molecule has 2 aliphatic heterocycles. The van der Waals surface area contributed by atoms with E-state index in [2.05, 4.69) is 29.9 Å². The number of alkyl halides is 1. The number of hydrogen-bond donors (Lipinski definition) is 6. The van der Waals surface area contributed by atoms with Crippen molar-refractivity contribution in [3.05, 3.63) is 29.3 Å². The summed E-state index contributed by atoms with van der Waals surface area (Å²) >= 11 is 5.59. The molecule has 0 aromatic carbocycles. The molecule has 0 saturated carbocycles. The van der Waals surface area contributed by atoms with Gasteiger partial charge in [0.2, 0.25) is 5.95 Å². The van der Waals surface area contributed by atoms with Crippen LogP contribution in [-0.4, -0.2) is 110 Å². The largest absolute Gasteiger partial charge is 0.393 e. The fourth-order valence-corrected chi connectivity index (χ4v) is 8.03. The van der Waals surface area contributed by atoms with Gasteiger partial charge in [-0.1, -0.05) is 0 Å². The Morgan fingerprint density at radius 1 is 1.18 bits per heavy atom. The lowest BCUT2D eigenvalue weighted by Crippen LogP contribution is -2.44. The summed E-state index contributed by atoms with van der Waals surface area (Å²) < 4.78 is 40.8. The van der Waals surface area contributed by atoms with Gasteiger partial charge in [-0.05, 0) is 25.2 Å². The van der Waals surface area contributed by atoms with Crippen molar-refractivity contribution in [3.8, 4) is 0 Å². The van der Waals surface area contributed by atoms with Crippen molar-refractivity contribution in [2.75, 3.05) is 38.5 Å². The standard InChI is InChI=1S/C23H30FN10O8PS/c1-22(14(36)13(39-2)20(41-22)33-8-29-11-15(25)27-7-28-16(11)33)6-40-43(38,44)10-3-23(4-24,5-35)42-19(10)34-9-30-12-17(34)31-21(26)32-18(12)37/h7-10,13-14,19-20,35-36H,3-6H2,1-2H3,(H,38,44)(H2,25,27,28)(H3,26,31,32,37)/t10-,13-,14+,19-,20-,22-,23-,43?/m1/s1. The molecule has 18 nitrogen and oxygen atoms in total. The van der Waals surface area contributed by atoms with E-state index in [9.17, 15) is 24.3 Å². The van der Waals surface area contributed by atoms with Crippen LogP contribution in [-0.2, 0) is 30.5 Å². The summed E-state index contributed by atoms with van der Waals surface area (Å²) in [7, 11) is 1.39. The van der Waals surface area contributed by atoms with E-state index in [4.69, 9.17) is 42.0 Å². The predicted octanol–water partition coefficient (Wildman–Crippen LogP) is -0.906. The number of nitrogens with zero attached hydrogens (tertiary/aromatic N) is 7. The second-order valence-corrected chi connectivity index (χ2v) is 14.5. The van der Waals surface area contributed by atoms with E-state index in [1.54, 1.807) is 6.92 Å². The monoisotopic (exact) mass is 656 g/mol. The summed E-state index contributed by atoms with van der Waals surface area (Å²) in [6.45, 7) is -4.70. The number of anilines is 2. The highest BCUT2D eigenvalue weighted by Gasteiger charge is 2.57. The highest BCUT2D eigenvalue weighted by atomic mass is 32.5. The number of aliphatic hydroxyl groups is 2. The number of nitrogens with one attached hydrogen (secondary N) is 1. The van der Waals surface area contributed by atoms with E-state index in [0.29, 0.717) is 11.2 Å². The van der Waals surface area contributed by atoms with Crippen LogP contribution in [0, 0.1) is 0 Å². The van der Waals surface area contributed by atoms with Crippen molar-refractivity contribution in [1.29, 1.82) is 0 Å². The molecule has 0 bridgehead atoms. The number of hydrogen-bond acceptors (Lipinski definition) is 15. The fraction of sp³-hybridized carbons (Fsp3) is 0.565. The highest BCUT2D eigenvalue weighted by Crippen LogP contribution is 2.60. The Morgan fingerprint density at radius 2 is 1.89 bits per heavy atom. The van der Waals surface area contributed by atoms with Crippen molar-refractivity contribution in [1.82, 2.24) is 39.0 Å². The lowest BCUT2D eigenvalue weighted by atomic mass is 9.98. The van der Waals surface area contributed by atoms with Gasteiger partial charge in [-0.25, -0.2) is 24.3 Å². The van der Waals surface area contributed by atoms with Crippen LogP contribution in [0.4, 0.5) is 16.2 Å². The van der Waals surface area contributed by atoms with Crippen molar-refractivity contribution in [3.63, 3.8) is 0 Å². The molecule has 6 heterocycles. The average Bonchev–Trinajstić information content (AvgIpc) is 3.76. The molecule has 238 valence electrons. The van der Waals surface area contributed by atoms with Gasteiger partial charge in [-0.15, -0.1) is 0 Å². The predicted molar refractivity (Wildman–Crippen MR) is 154 cm³/mol. The maximum atomic E-state index is 14.3. The number of rotatable bonds is 9. The molecule has 2 aliphatic rings. The third kappa shape index (κ3) is 4.86. The Morgan fingerprint density at radius 3 is 2.57 bits per heavy atom. The van der Waals surface area contributed by atoms with E-state index < -0.39 is 73.5 Å². The lowest BCUT2D eigenvalue weighted by molar-refractivity contribution is -0.113. The van der Waals surface area contributed by atoms with Crippen LogP contribution >= 0.6 is 6.49 Å². The first kappa shape index (κ1) is 30.8. The lowest BCUT2D eigenvalue weighted by Gasteiger charge is -2.32. The van der Waals surface area contributed by atoms with Gasteiger partial charge in [-0.2, -0.15) is 4.98 Å². The third-order valence-electron chi connectivity index (χ3n) is 8.03. The number of ether oxygens (including phenoxy) is 3. The molecule has 0 spiro atoms. The number of aromatic amines is 1. The van der Waals surface area contributed by atoms with E-state index >= 15 is 0 Å². The van der Waals surface area contributed by atoms with Crippen LogP contribution in [0.3, 0.4) is 0 Å². The molecule has 6 rings (SSSR count). The molecule has 21 heteroatoms. The molecule has 0 radical (unpaired) electrons. The SMILES string of the molecule is CO[C@H]1[C@H](n2cnc3c(N)ncnc32)O[C@](C)(COP(O)(=S)[C@@H]2C[C@](CO)(CF)O[C@H]2n2cnc3c(=O)[nH]c(N)nc32)[C@H]1O. The Labute approximate surface area is 252 Å². The van der Waals surface area contributed by atoms with Gasteiger partial charge >= 0.3 is 0 Å². The molecule has 2 saturated heterocycles. The smallest absolute Gasteiger partial charge is 0.280 e. The number of nitrogens with two attached hydrogens (primary N) is 2. The molecule has 4 aromatic rings. The molecule has 44 heavy (non-hydrogen) atoms. The summed E-state index contributed by atoms with van der Waals surface area (Å²) in [6.07, 6.45) is -0.761. The molecular formula is C23H30FN10O8PS. The van der Waals surface area contributed by atoms with Gasteiger partial charge in [-0.3, -0.25) is 18.9 Å². The van der Waals surface area contributed by atoms with E-state index in [1.165, 1.54) is 35.2 Å². The molecule has 2 fully saturated rings. The number of aromatic nitrogens is 8. The summed E-state index contributed by atoms with van der Waals surface area (Å²) in [6, 6.07) is 0. The molecule has 8 N–H and O–H groups in total. The van der Waals surface area contributed by atoms with Crippen LogP contribution in [0.1, 0.15) is 25.8 Å². The van der Waals surface area contributed by atoms with Crippen LogP contribution in [0.5, 0.6) is 0 Å². The number of fused-ring (bicyclic) bond motifs is 2. The van der Waals surface area contributed by atoms with Crippen LogP contribution in [0.25, 0.3) is 22.3 Å². The topological polar surface area (TPSA) is 257 Å². The summed E-state index contributed by atoms with van der Waals surface area (Å²) in [5.41, 5.74) is 7.26.